The fourth-order valence-electron chi connectivity index (χ4n) is 4.17. The summed E-state index contributed by atoms with van der Waals surface area (Å²) in [5, 5.41) is 6.86. The van der Waals surface area contributed by atoms with Crippen LogP contribution in [0.25, 0.3) is 0 Å². The van der Waals surface area contributed by atoms with E-state index in [4.69, 9.17) is 28.2 Å². The van der Waals surface area contributed by atoms with E-state index in [0.29, 0.717) is 0 Å². The lowest BCUT2D eigenvalue weighted by Gasteiger charge is -2.24. The molecule has 1 aromatic heterocycles. The van der Waals surface area contributed by atoms with Gasteiger partial charge < -0.3 is 4.42 Å². The summed E-state index contributed by atoms with van der Waals surface area (Å²) in [5.74, 6) is -0.476. The maximum atomic E-state index is 13.3. The fourth-order valence-corrected chi connectivity index (χ4v) is 5.85. The molecule has 3 aromatic rings. The van der Waals surface area contributed by atoms with Crippen molar-refractivity contribution in [3.05, 3.63) is 74.4 Å². The number of rotatable bonds is 7. The highest BCUT2D eigenvalue weighted by molar-refractivity contribution is 7.89. The summed E-state index contributed by atoms with van der Waals surface area (Å²) < 4.78 is 34.8. The van der Waals surface area contributed by atoms with Crippen LogP contribution in [0.15, 0.2) is 45.7 Å². The normalized spacial score (nSPS) is 15.3. The number of nitrogens with one attached hydrogen (secondary N) is 2. The first-order valence-corrected chi connectivity index (χ1v) is 12.4. The van der Waals surface area contributed by atoms with Crippen molar-refractivity contribution in [3.63, 3.8) is 0 Å². The Hall–Kier alpha value is -2.33. The SMILES string of the molecule is CC(=O)c1cc(S(=O)(=O)NC(c2n[nH]c(=S)o2)C(C)c2cccc3c2CCC3)ccc1Cl. The third-order valence-corrected chi connectivity index (χ3v) is 7.75. The van der Waals surface area contributed by atoms with Crippen LogP contribution in [0.4, 0.5) is 0 Å². The molecule has 168 valence electrons. The summed E-state index contributed by atoms with van der Waals surface area (Å²) in [5.41, 5.74) is 3.70. The molecule has 7 nitrogen and oxygen atoms in total. The Morgan fingerprint density at radius 2 is 2.06 bits per heavy atom. The van der Waals surface area contributed by atoms with Gasteiger partial charge in [-0.2, -0.15) is 4.72 Å². The third kappa shape index (κ3) is 4.43. The highest BCUT2D eigenvalue weighted by Crippen LogP contribution is 2.37. The Labute approximate surface area is 196 Å². The van der Waals surface area contributed by atoms with Gasteiger partial charge in [0, 0.05) is 11.5 Å². The first kappa shape index (κ1) is 22.8. The number of hydrogen-bond donors (Lipinski definition) is 2. The number of nitrogens with zero attached hydrogens (tertiary/aromatic N) is 1. The predicted molar refractivity (Wildman–Crippen MR) is 123 cm³/mol. The molecule has 2 atom stereocenters. The van der Waals surface area contributed by atoms with Crippen LogP contribution in [0, 0.1) is 4.84 Å². The first-order chi connectivity index (χ1) is 15.2. The van der Waals surface area contributed by atoms with E-state index >= 15 is 0 Å². The predicted octanol–water partition coefficient (Wildman–Crippen LogP) is 4.90. The van der Waals surface area contributed by atoms with Gasteiger partial charge in [0.15, 0.2) is 5.78 Å². The Bertz CT molecular complexity index is 1350. The molecule has 2 aromatic carbocycles. The lowest BCUT2D eigenvalue weighted by Crippen LogP contribution is -2.32. The fraction of sp³-hybridized carbons (Fsp3) is 0.318. The van der Waals surface area contributed by atoms with Gasteiger partial charge in [-0.05, 0) is 73.3 Å². The average molecular weight is 492 g/mol. The third-order valence-electron chi connectivity index (χ3n) is 5.80. The van der Waals surface area contributed by atoms with E-state index in [-0.39, 0.29) is 37.9 Å². The molecule has 0 saturated carbocycles. The largest absolute Gasteiger partial charge is 0.412 e. The van der Waals surface area contributed by atoms with Crippen LogP contribution in [0.2, 0.25) is 5.02 Å². The minimum absolute atomic E-state index is 0.0556. The number of aryl methyl sites for hydroxylation is 1. The van der Waals surface area contributed by atoms with Gasteiger partial charge in [-0.1, -0.05) is 36.7 Å². The van der Waals surface area contributed by atoms with Gasteiger partial charge in [0.25, 0.3) is 4.84 Å². The van der Waals surface area contributed by atoms with Crippen molar-refractivity contribution >= 4 is 39.6 Å². The van der Waals surface area contributed by atoms with Crippen molar-refractivity contribution in [1.82, 2.24) is 14.9 Å². The Morgan fingerprint density at radius 1 is 1.28 bits per heavy atom. The number of carbonyl (C=O) groups is 1. The number of H-pyrrole nitrogens is 1. The summed E-state index contributed by atoms with van der Waals surface area (Å²) in [6.45, 7) is 3.26. The van der Waals surface area contributed by atoms with Gasteiger partial charge >= 0.3 is 0 Å². The van der Waals surface area contributed by atoms with Crippen molar-refractivity contribution in [3.8, 4) is 0 Å². The molecule has 0 radical (unpaired) electrons. The topological polar surface area (TPSA) is 105 Å². The molecule has 10 heteroatoms. The molecule has 0 fully saturated rings. The molecule has 2 N–H and O–H groups in total. The molecule has 1 aliphatic carbocycles. The number of aromatic amines is 1. The zero-order valence-corrected chi connectivity index (χ0v) is 19.9. The summed E-state index contributed by atoms with van der Waals surface area (Å²) in [6.07, 6.45) is 3.02. The Balaban J connectivity index is 1.76. The molecule has 0 saturated heterocycles. The molecule has 4 rings (SSSR count). The number of hydrogen-bond acceptors (Lipinski definition) is 6. The lowest BCUT2D eigenvalue weighted by molar-refractivity contribution is 0.101. The summed E-state index contributed by atoms with van der Waals surface area (Å²) in [7, 11) is -4.05. The molecule has 0 bridgehead atoms. The van der Waals surface area contributed by atoms with E-state index in [1.165, 1.54) is 36.2 Å². The van der Waals surface area contributed by atoms with Gasteiger partial charge in [0.2, 0.25) is 15.9 Å². The minimum Gasteiger partial charge on any atom is -0.412 e. The second kappa shape index (κ2) is 8.90. The average Bonchev–Trinajstić information content (AvgIpc) is 3.40. The maximum absolute atomic E-state index is 13.3. The number of halogens is 1. The highest BCUT2D eigenvalue weighted by Gasteiger charge is 2.33. The smallest absolute Gasteiger partial charge is 0.284 e. The summed E-state index contributed by atoms with van der Waals surface area (Å²) in [6, 6.07) is 9.31. The van der Waals surface area contributed by atoms with Crippen molar-refractivity contribution in [2.24, 2.45) is 0 Å². The van der Waals surface area contributed by atoms with Crippen LogP contribution >= 0.6 is 23.8 Å². The quantitative estimate of drug-likeness (QED) is 0.359. The summed E-state index contributed by atoms with van der Waals surface area (Å²) in [4.78, 5) is 11.8. The molecule has 32 heavy (non-hydrogen) atoms. The Kier molecular flexibility index (Phi) is 6.35. The molecule has 1 aliphatic rings. The second-order valence-corrected chi connectivity index (χ2v) is 10.4. The van der Waals surface area contributed by atoms with E-state index in [1.54, 1.807) is 0 Å². The van der Waals surface area contributed by atoms with Crippen molar-refractivity contribution in [2.45, 2.75) is 50.0 Å². The minimum atomic E-state index is -4.05. The number of Topliss-reactive ketones (excluding diaryl/α,β-unsaturated/α-hetero) is 1. The molecule has 2 unspecified atom stereocenters. The molecule has 0 amide bonds. The van der Waals surface area contributed by atoms with Gasteiger partial charge in [0.05, 0.1) is 9.92 Å². The number of aromatic nitrogens is 2. The molecular formula is C22H22ClN3O4S2. The molecular weight excluding hydrogens is 470 g/mol. The summed E-state index contributed by atoms with van der Waals surface area (Å²) >= 11 is 11.1. The van der Waals surface area contributed by atoms with Crippen LogP contribution in [-0.2, 0) is 22.9 Å². The highest BCUT2D eigenvalue weighted by atomic mass is 35.5. The van der Waals surface area contributed by atoms with Gasteiger partial charge in [-0.3, -0.25) is 4.79 Å². The zero-order valence-electron chi connectivity index (χ0n) is 17.5. The Morgan fingerprint density at radius 3 is 2.75 bits per heavy atom. The first-order valence-electron chi connectivity index (χ1n) is 10.2. The van der Waals surface area contributed by atoms with Crippen molar-refractivity contribution in [1.29, 1.82) is 0 Å². The van der Waals surface area contributed by atoms with E-state index in [2.05, 4.69) is 21.0 Å². The van der Waals surface area contributed by atoms with E-state index in [1.807, 2.05) is 19.1 Å². The van der Waals surface area contributed by atoms with Crippen molar-refractivity contribution in [2.75, 3.05) is 0 Å². The number of carbonyl (C=O) groups excluding carboxylic acids is 1. The maximum Gasteiger partial charge on any atom is 0.284 e. The van der Waals surface area contributed by atoms with Gasteiger partial charge in [-0.25, -0.2) is 13.5 Å². The molecule has 0 spiro atoms. The van der Waals surface area contributed by atoms with E-state index < -0.39 is 16.1 Å². The van der Waals surface area contributed by atoms with Gasteiger partial charge in [0.1, 0.15) is 6.04 Å². The monoisotopic (exact) mass is 491 g/mol. The van der Waals surface area contributed by atoms with E-state index in [9.17, 15) is 13.2 Å². The van der Waals surface area contributed by atoms with E-state index in [0.717, 1.165) is 24.8 Å². The van der Waals surface area contributed by atoms with Crippen LogP contribution in [0.3, 0.4) is 0 Å². The van der Waals surface area contributed by atoms with Gasteiger partial charge in [-0.15, -0.1) is 5.10 Å². The van der Waals surface area contributed by atoms with Crippen LogP contribution < -0.4 is 4.72 Å². The van der Waals surface area contributed by atoms with Crippen LogP contribution in [0.1, 0.15) is 65.2 Å². The number of benzene rings is 2. The second-order valence-electron chi connectivity index (χ2n) is 7.88. The zero-order chi connectivity index (χ0) is 23.0. The van der Waals surface area contributed by atoms with Crippen LogP contribution in [-0.4, -0.2) is 24.4 Å². The standard InChI is InChI=1S/C22H22ClN3O4S2/c1-12(16-7-3-5-14-6-4-8-17(14)16)20(21-24-25-22(31)30-21)26-32(28,29)15-9-10-19(23)18(11-15)13(2)27/h3,5,7,9-12,20,26H,4,6,8H2,1-2H3,(H,25,31). The number of fused-ring (bicyclic) bond motifs is 1. The number of sulfonamides is 1. The van der Waals surface area contributed by atoms with Crippen molar-refractivity contribution < 1.29 is 17.6 Å². The van der Waals surface area contributed by atoms with Crippen LogP contribution in [0.5, 0.6) is 0 Å². The molecule has 0 aliphatic heterocycles. The molecule has 1 heterocycles. The lowest BCUT2D eigenvalue weighted by atomic mass is 9.88. The number of ketones is 1.